The average molecular weight is 277 g/mol. The van der Waals surface area contributed by atoms with Gasteiger partial charge in [-0.2, -0.15) is 0 Å². The van der Waals surface area contributed by atoms with Gasteiger partial charge in [0.25, 0.3) is 0 Å². The Bertz CT molecular complexity index is 453. The van der Waals surface area contributed by atoms with Gasteiger partial charge < -0.3 is 15.2 Å². The summed E-state index contributed by atoms with van der Waals surface area (Å²) in [6, 6.07) is 0.713. The van der Waals surface area contributed by atoms with Gasteiger partial charge in [-0.25, -0.2) is 0 Å². The molecule has 0 spiro atoms. The number of nitrogens with one attached hydrogen (secondary N) is 2. The second-order valence-corrected chi connectivity index (χ2v) is 5.79. The minimum Gasteiger partial charge on any atom is -0.352 e. The first kappa shape index (κ1) is 15.1. The smallest absolute Gasteiger partial charge is 0.240 e. The van der Waals surface area contributed by atoms with E-state index in [0.717, 1.165) is 19.4 Å². The van der Waals surface area contributed by atoms with Crippen molar-refractivity contribution in [1.29, 1.82) is 0 Å². The van der Waals surface area contributed by atoms with Crippen molar-refractivity contribution >= 4 is 5.91 Å². The van der Waals surface area contributed by atoms with Crippen LogP contribution in [0.2, 0.25) is 0 Å². The maximum atomic E-state index is 12.0. The molecule has 0 radical (unpaired) electrons. The highest BCUT2D eigenvalue weighted by Gasteiger charge is 2.21. The SMILES string of the molecule is CCNC1CCCc2cn(CC(=O)NC(C)CC)cc21. The normalized spacial score (nSPS) is 19.4. The molecule has 4 nitrogen and oxygen atoms in total. The van der Waals surface area contributed by atoms with Crippen molar-refractivity contribution in [3.8, 4) is 0 Å². The lowest BCUT2D eigenvalue weighted by Crippen LogP contribution is -2.34. The Balaban J connectivity index is 2.02. The Morgan fingerprint density at radius 2 is 2.25 bits per heavy atom. The van der Waals surface area contributed by atoms with Crippen LogP contribution in [0.1, 0.15) is 57.2 Å². The van der Waals surface area contributed by atoms with Gasteiger partial charge in [-0.1, -0.05) is 13.8 Å². The predicted molar refractivity (Wildman–Crippen MR) is 81.7 cm³/mol. The maximum Gasteiger partial charge on any atom is 0.240 e. The molecule has 1 aromatic rings. The molecule has 1 amide bonds. The summed E-state index contributed by atoms with van der Waals surface area (Å²) in [5, 5.41) is 6.55. The maximum absolute atomic E-state index is 12.0. The summed E-state index contributed by atoms with van der Waals surface area (Å²) in [7, 11) is 0. The van der Waals surface area contributed by atoms with Crippen molar-refractivity contribution in [3.63, 3.8) is 0 Å². The summed E-state index contributed by atoms with van der Waals surface area (Å²) in [4.78, 5) is 12.0. The Labute approximate surface area is 121 Å². The van der Waals surface area contributed by atoms with E-state index in [1.165, 1.54) is 24.0 Å². The summed E-state index contributed by atoms with van der Waals surface area (Å²) in [5.41, 5.74) is 2.79. The molecule has 1 aromatic heterocycles. The number of hydrogen-bond donors (Lipinski definition) is 2. The first-order chi connectivity index (χ1) is 9.63. The molecule has 0 saturated carbocycles. The third-order valence-corrected chi connectivity index (χ3v) is 4.11. The van der Waals surface area contributed by atoms with E-state index < -0.39 is 0 Å². The van der Waals surface area contributed by atoms with Gasteiger partial charge in [-0.3, -0.25) is 4.79 Å². The molecule has 2 unspecified atom stereocenters. The fraction of sp³-hybridized carbons (Fsp3) is 0.688. The van der Waals surface area contributed by atoms with Gasteiger partial charge in [0.1, 0.15) is 6.54 Å². The van der Waals surface area contributed by atoms with Crippen molar-refractivity contribution in [2.24, 2.45) is 0 Å². The molecule has 0 saturated heterocycles. The van der Waals surface area contributed by atoms with Crippen molar-refractivity contribution in [1.82, 2.24) is 15.2 Å². The molecule has 0 aromatic carbocycles. The van der Waals surface area contributed by atoms with Crippen LogP contribution in [0.15, 0.2) is 12.4 Å². The van der Waals surface area contributed by atoms with Crippen molar-refractivity contribution < 1.29 is 4.79 Å². The molecular formula is C16H27N3O. The summed E-state index contributed by atoms with van der Waals surface area (Å²) in [6.07, 6.45) is 8.83. The zero-order valence-electron chi connectivity index (χ0n) is 12.9. The lowest BCUT2D eigenvalue weighted by Gasteiger charge is -2.22. The molecule has 0 fully saturated rings. The number of aryl methyl sites for hydroxylation is 1. The summed E-state index contributed by atoms with van der Waals surface area (Å²) in [5.74, 6) is 0.103. The zero-order valence-corrected chi connectivity index (χ0v) is 12.9. The Kier molecular flexibility index (Phi) is 5.24. The van der Waals surface area contributed by atoms with Crippen LogP contribution in [0, 0.1) is 0 Å². The number of aromatic nitrogens is 1. The molecule has 1 heterocycles. The molecule has 112 valence electrons. The second kappa shape index (κ2) is 6.93. The van der Waals surface area contributed by atoms with E-state index in [0.29, 0.717) is 12.6 Å². The van der Waals surface area contributed by atoms with Crippen LogP contribution in [0.4, 0.5) is 0 Å². The lowest BCUT2D eigenvalue weighted by atomic mass is 9.91. The van der Waals surface area contributed by atoms with Crippen LogP contribution in [-0.4, -0.2) is 23.1 Å². The Morgan fingerprint density at radius 1 is 1.45 bits per heavy atom. The molecule has 2 N–H and O–H groups in total. The fourth-order valence-corrected chi connectivity index (χ4v) is 2.89. The van der Waals surface area contributed by atoms with Gasteiger partial charge in [0, 0.05) is 24.5 Å². The lowest BCUT2D eigenvalue weighted by molar-refractivity contribution is -0.122. The highest BCUT2D eigenvalue weighted by molar-refractivity contribution is 5.76. The summed E-state index contributed by atoms with van der Waals surface area (Å²) in [6.45, 7) is 7.69. The topological polar surface area (TPSA) is 46.1 Å². The molecule has 1 aliphatic rings. The van der Waals surface area contributed by atoms with E-state index in [1.807, 2.05) is 11.5 Å². The van der Waals surface area contributed by atoms with Gasteiger partial charge in [0.15, 0.2) is 0 Å². The Morgan fingerprint density at radius 3 is 2.95 bits per heavy atom. The highest BCUT2D eigenvalue weighted by atomic mass is 16.2. The minimum atomic E-state index is 0.103. The molecule has 20 heavy (non-hydrogen) atoms. The first-order valence-electron chi connectivity index (χ1n) is 7.85. The van der Waals surface area contributed by atoms with E-state index in [4.69, 9.17) is 0 Å². The van der Waals surface area contributed by atoms with Crippen molar-refractivity contribution in [2.45, 2.75) is 65.1 Å². The number of nitrogens with zero attached hydrogens (tertiary/aromatic N) is 1. The van der Waals surface area contributed by atoms with Crippen LogP contribution < -0.4 is 10.6 Å². The quantitative estimate of drug-likeness (QED) is 0.838. The average Bonchev–Trinajstić information content (AvgIpc) is 2.82. The fourth-order valence-electron chi connectivity index (χ4n) is 2.89. The number of fused-ring (bicyclic) bond motifs is 1. The van der Waals surface area contributed by atoms with Crippen LogP contribution in [0.25, 0.3) is 0 Å². The van der Waals surface area contributed by atoms with Crippen molar-refractivity contribution in [3.05, 3.63) is 23.5 Å². The number of carbonyl (C=O) groups excluding carboxylic acids is 1. The molecule has 2 rings (SSSR count). The second-order valence-electron chi connectivity index (χ2n) is 5.79. The van der Waals surface area contributed by atoms with Gasteiger partial charge in [-0.05, 0) is 50.3 Å². The van der Waals surface area contributed by atoms with Gasteiger partial charge in [0.05, 0.1) is 0 Å². The predicted octanol–water partition coefficient (Wildman–Crippen LogP) is 2.39. The molecular weight excluding hydrogens is 250 g/mol. The Hall–Kier alpha value is -1.29. The van der Waals surface area contributed by atoms with Gasteiger partial charge in [0.2, 0.25) is 5.91 Å². The van der Waals surface area contributed by atoms with Crippen molar-refractivity contribution in [2.75, 3.05) is 6.54 Å². The summed E-state index contributed by atoms with van der Waals surface area (Å²) >= 11 is 0. The largest absolute Gasteiger partial charge is 0.352 e. The van der Waals surface area contributed by atoms with Gasteiger partial charge in [-0.15, -0.1) is 0 Å². The van der Waals surface area contributed by atoms with E-state index in [9.17, 15) is 4.79 Å². The highest BCUT2D eigenvalue weighted by Crippen LogP contribution is 2.30. The number of amides is 1. The number of hydrogen-bond acceptors (Lipinski definition) is 2. The van der Waals surface area contributed by atoms with Gasteiger partial charge >= 0.3 is 0 Å². The third kappa shape index (κ3) is 3.63. The molecule has 1 aliphatic carbocycles. The zero-order chi connectivity index (χ0) is 14.5. The van der Waals surface area contributed by atoms with E-state index in [1.54, 1.807) is 0 Å². The minimum absolute atomic E-state index is 0.103. The number of rotatable bonds is 6. The van der Waals surface area contributed by atoms with E-state index in [2.05, 4.69) is 36.9 Å². The number of carbonyl (C=O) groups is 1. The van der Waals surface area contributed by atoms with Crippen LogP contribution >= 0.6 is 0 Å². The van der Waals surface area contributed by atoms with Crippen LogP contribution in [-0.2, 0) is 17.8 Å². The van der Waals surface area contributed by atoms with Crippen LogP contribution in [0.5, 0.6) is 0 Å². The third-order valence-electron chi connectivity index (χ3n) is 4.11. The molecule has 2 atom stereocenters. The monoisotopic (exact) mass is 277 g/mol. The molecule has 4 heteroatoms. The molecule has 0 bridgehead atoms. The molecule has 0 aliphatic heterocycles. The van der Waals surface area contributed by atoms with E-state index >= 15 is 0 Å². The standard InChI is InChI=1S/C16H27N3O/c1-4-12(3)18-16(20)11-19-9-13-7-6-8-15(17-5-2)14(13)10-19/h9-10,12,15,17H,4-8,11H2,1-3H3,(H,18,20). The summed E-state index contributed by atoms with van der Waals surface area (Å²) < 4.78 is 2.04. The van der Waals surface area contributed by atoms with Crippen LogP contribution in [0.3, 0.4) is 0 Å². The van der Waals surface area contributed by atoms with E-state index in [-0.39, 0.29) is 11.9 Å². The first-order valence-corrected chi connectivity index (χ1v) is 7.85.